The van der Waals surface area contributed by atoms with E-state index in [2.05, 4.69) is 6.08 Å². The molecule has 1 fully saturated rings. The molecule has 0 aromatic rings. The number of ether oxygens (including phenoxy) is 1. The first kappa shape index (κ1) is 12.8. The lowest BCUT2D eigenvalue weighted by molar-refractivity contribution is -0.149. The summed E-state index contributed by atoms with van der Waals surface area (Å²) in [6.07, 6.45) is 7.41. The maximum Gasteiger partial charge on any atom is 0.168 e. The van der Waals surface area contributed by atoms with Gasteiger partial charge >= 0.3 is 0 Å². The molecule has 0 N–H and O–H groups in total. The molecule has 3 aliphatic carbocycles. The molecule has 3 nitrogen and oxygen atoms in total. The van der Waals surface area contributed by atoms with E-state index in [1.165, 1.54) is 6.08 Å². The van der Waals surface area contributed by atoms with Gasteiger partial charge in [-0.15, -0.1) is 0 Å². The van der Waals surface area contributed by atoms with Crippen LogP contribution in [0.4, 0.5) is 0 Å². The Morgan fingerprint density at radius 1 is 1.37 bits per heavy atom. The summed E-state index contributed by atoms with van der Waals surface area (Å²) < 4.78 is 5.76. The number of Topliss-reactive ketones (excluding diaryl/α,β-unsaturated/α-hetero) is 1. The van der Waals surface area contributed by atoms with E-state index in [4.69, 9.17) is 4.74 Å². The number of fused-ring (bicyclic) bond motifs is 2. The standard InChI is InChI=1S/C16H20O3/c1-4-19-12-5-6-16(7-8-16)13-11(17)9-10(2)14(18)15(12,13)3/h5-6,9,12-13H,4,7-8H2,1-3H3/t12-,13-,15-/m0/s1. The highest BCUT2D eigenvalue weighted by Gasteiger charge is 2.65. The van der Waals surface area contributed by atoms with Gasteiger partial charge in [-0.2, -0.15) is 0 Å². The van der Waals surface area contributed by atoms with E-state index >= 15 is 0 Å². The minimum atomic E-state index is -0.725. The van der Waals surface area contributed by atoms with Crippen molar-refractivity contribution in [2.75, 3.05) is 6.61 Å². The summed E-state index contributed by atoms with van der Waals surface area (Å²) in [6, 6.07) is 0. The molecule has 0 aromatic carbocycles. The molecule has 3 aliphatic rings. The molecule has 19 heavy (non-hydrogen) atoms. The van der Waals surface area contributed by atoms with Crippen LogP contribution in [-0.4, -0.2) is 24.3 Å². The fraction of sp³-hybridized carbons (Fsp3) is 0.625. The highest BCUT2D eigenvalue weighted by Crippen LogP contribution is 2.64. The van der Waals surface area contributed by atoms with Crippen molar-refractivity contribution in [1.29, 1.82) is 0 Å². The van der Waals surface area contributed by atoms with Crippen LogP contribution in [0.25, 0.3) is 0 Å². The lowest BCUT2D eigenvalue weighted by atomic mass is 9.55. The quantitative estimate of drug-likeness (QED) is 0.716. The van der Waals surface area contributed by atoms with Crippen LogP contribution >= 0.6 is 0 Å². The fourth-order valence-electron chi connectivity index (χ4n) is 3.97. The van der Waals surface area contributed by atoms with Gasteiger partial charge in [0.15, 0.2) is 11.6 Å². The van der Waals surface area contributed by atoms with Gasteiger partial charge in [0.1, 0.15) is 0 Å². The minimum absolute atomic E-state index is 0.0752. The van der Waals surface area contributed by atoms with Gasteiger partial charge in [0.05, 0.1) is 11.5 Å². The van der Waals surface area contributed by atoms with Crippen LogP contribution in [0.15, 0.2) is 23.8 Å². The second kappa shape index (κ2) is 3.89. The Bertz CT molecular complexity index is 510. The summed E-state index contributed by atoms with van der Waals surface area (Å²) in [5, 5.41) is 0. The van der Waals surface area contributed by atoms with Crippen LogP contribution in [0, 0.1) is 16.7 Å². The molecule has 1 saturated carbocycles. The first-order chi connectivity index (χ1) is 8.95. The third-order valence-corrected chi connectivity index (χ3v) is 5.03. The van der Waals surface area contributed by atoms with Gasteiger partial charge in [0, 0.05) is 12.5 Å². The van der Waals surface area contributed by atoms with Gasteiger partial charge in [0.2, 0.25) is 0 Å². The van der Waals surface area contributed by atoms with Crippen LogP contribution < -0.4 is 0 Å². The molecule has 0 unspecified atom stereocenters. The predicted molar refractivity (Wildman–Crippen MR) is 71.6 cm³/mol. The lowest BCUT2D eigenvalue weighted by Gasteiger charge is -2.48. The first-order valence-corrected chi connectivity index (χ1v) is 7.03. The zero-order valence-electron chi connectivity index (χ0n) is 11.7. The number of hydrogen-bond acceptors (Lipinski definition) is 3. The molecule has 0 saturated heterocycles. The number of allylic oxidation sites excluding steroid dienone is 3. The number of carbonyl (C=O) groups is 2. The van der Waals surface area contributed by atoms with Crippen molar-refractivity contribution < 1.29 is 14.3 Å². The Hall–Kier alpha value is -1.22. The van der Waals surface area contributed by atoms with Crippen molar-refractivity contribution in [1.82, 2.24) is 0 Å². The Kier molecular flexibility index (Phi) is 2.62. The Morgan fingerprint density at radius 3 is 2.63 bits per heavy atom. The van der Waals surface area contributed by atoms with Crippen molar-refractivity contribution in [3.05, 3.63) is 23.8 Å². The molecule has 3 rings (SSSR count). The van der Waals surface area contributed by atoms with Crippen LogP contribution in [0.3, 0.4) is 0 Å². The summed E-state index contributed by atoms with van der Waals surface area (Å²) in [6.45, 7) is 6.13. The molecule has 102 valence electrons. The summed E-state index contributed by atoms with van der Waals surface area (Å²) in [4.78, 5) is 25.2. The van der Waals surface area contributed by atoms with Gasteiger partial charge in [-0.3, -0.25) is 9.59 Å². The minimum Gasteiger partial charge on any atom is -0.373 e. The van der Waals surface area contributed by atoms with E-state index in [0.29, 0.717) is 12.2 Å². The van der Waals surface area contributed by atoms with Crippen molar-refractivity contribution in [2.24, 2.45) is 16.7 Å². The highest BCUT2D eigenvalue weighted by molar-refractivity contribution is 6.13. The second-order valence-corrected chi connectivity index (χ2v) is 6.24. The Morgan fingerprint density at radius 2 is 2.05 bits per heavy atom. The van der Waals surface area contributed by atoms with Gasteiger partial charge in [-0.25, -0.2) is 0 Å². The first-order valence-electron chi connectivity index (χ1n) is 7.03. The van der Waals surface area contributed by atoms with Gasteiger partial charge < -0.3 is 4.74 Å². The van der Waals surface area contributed by atoms with Crippen molar-refractivity contribution in [3.8, 4) is 0 Å². The van der Waals surface area contributed by atoms with Gasteiger partial charge in [0.25, 0.3) is 0 Å². The van der Waals surface area contributed by atoms with Crippen LogP contribution in [0.1, 0.15) is 33.6 Å². The van der Waals surface area contributed by atoms with Gasteiger partial charge in [-0.1, -0.05) is 12.2 Å². The number of hydrogen-bond donors (Lipinski definition) is 0. The normalized spacial score (nSPS) is 39.2. The van der Waals surface area contributed by atoms with E-state index in [0.717, 1.165) is 12.8 Å². The fourth-order valence-corrected chi connectivity index (χ4v) is 3.97. The molecule has 3 atom stereocenters. The Balaban J connectivity index is 2.14. The second-order valence-electron chi connectivity index (χ2n) is 6.24. The molecular weight excluding hydrogens is 240 g/mol. The molecule has 0 heterocycles. The molecule has 0 aliphatic heterocycles. The lowest BCUT2D eigenvalue weighted by Crippen LogP contribution is -2.56. The predicted octanol–water partition coefficient (Wildman–Crippen LogP) is 2.46. The number of carbonyl (C=O) groups excluding carboxylic acids is 2. The Labute approximate surface area is 113 Å². The molecule has 1 spiro atoms. The SMILES string of the molecule is CCO[C@H]1C=CC2(CC2)[C@H]2C(=O)C=C(C)C(=O)[C@@]12C. The maximum absolute atomic E-state index is 12.7. The maximum atomic E-state index is 12.7. The van der Waals surface area contributed by atoms with E-state index < -0.39 is 5.41 Å². The molecule has 0 aromatic heterocycles. The smallest absolute Gasteiger partial charge is 0.168 e. The zero-order valence-corrected chi connectivity index (χ0v) is 11.7. The summed E-state index contributed by atoms with van der Waals surface area (Å²) in [5.74, 6) is -0.0601. The number of ketones is 2. The van der Waals surface area contributed by atoms with Crippen LogP contribution in [-0.2, 0) is 14.3 Å². The highest BCUT2D eigenvalue weighted by atomic mass is 16.5. The third kappa shape index (κ3) is 1.54. The molecule has 0 bridgehead atoms. The van der Waals surface area contributed by atoms with Crippen molar-refractivity contribution >= 4 is 11.6 Å². The summed E-state index contributed by atoms with van der Waals surface area (Å²) in [7, 11) is 0. The molecule has 0 radical (unpaired) electrons. The van der Waals surface area contributed by atoms with E-state index in [1.54, 1.807) is 6.92 Å². The summed E-state index contributed by atoms with van der Waals surface area (Å²) >= 11 is 0. The van der Waals surface area contributed by atoms with Crippen molar-refractivity contribution in [2.45, 2.75) is 39.7 Å². The van der Waals surface area contributed by atoms with E-state index in [9.17, 15) is 9.59 Å². The van der Waals surface area contributed by atoms with E-state index in [1.807, 2.05) is 19.9 Å². The third-order valence-electron chi connectivity index (χ3n) is 5.03. The number of rotatable bonds is 2. The van der Waals surface area contributed by atoms with Crippen molar-refractivity contribution in [3.63, 3.8) is 0 Å². The van der Waals surface area contributed by atoms with Gasteiger partial charge in [-0.05, 0) is 50.7 Å². The average Bonchev–Trinajstić information content (AvgIpc) is 3.11. The molecule has 0 amide bonds. The molecule has 3 heteroatoms. The van der Waals surface area contributed by atoms with Crippen LogP contribution in [0.2, 0.25) is 0 Å². The van der Waals surface area contributed by atoms with E-state index in [-0.39, 0.29) is 29.0 Å². The topological polar surface area (TPSA) is 43.4 Å². The average molecular weight is 260 g/mol. The monoisotopic (exact) mass is 260 g/mol. The summed E-state index contributed by atoms with van der Waals surface area (Å²) in [5.41, 5.74) is -0.233. The molecular formula is C16H20O3. The largest absolute Gasteiger partial charge is 0.373 e. The van der Waals surface area contributed by atoms with Crippen LogP contribution in [0.5, 0.6) is 0 Å². The zero-order chi connectivity index (χ0) is 13.8.